The maximum Gasteiger partial charge on any atom is 0.253 e. The lowest BCUT2D eigenvalue weighted by molar-refractivity contribution is -0.144. The smallest absolute Gasteiger partial charge is 0.253 e. The van der Waals surface area contributed by atoms with Crippen LogP contribution in [0.25, 0.3) is 0 Å². The Hall–Kier alpha value is -3.48. The lowest BCUT2D eigenvalue weighted by Crippen LogP contribution is -2.58. The molecule has 2 unspecified atom stereocenters. The van der Waals surface area contributed by atoms with Gasteiger partial charge in [0.2, 0.25) is 11.8 Å². The molecule has 2 aromatic rings. The third-order valence-corrected chi connectivity index (χ3v) is 7.49. The van der Waals surface area contributed by atoms with E-state index in [1.165, 1.54) is 0 Å². The second kappa shape index (κ2) is 10.0. The maximum atomic E-state index is 13.5. The first kappa shape index (κ1) is 23.3. The van der Waals surface area contributed by atoms with Crippen molar-refractivity contribution in [3.8, 4) is 0 Å². The van der Waals surface area contributed by atoms with Crippen LogP contribution in [0.4, 0.5) is 0 Å². The van der Waals surface area contributed by atoms with E-state index in [9.17, 15) is 19.2 Å². The molecule has 0 aliphatic carbocycles. The number of piperidine rings is 2. The first-order valence-electron chi connectivity index (χ1n) is 12.5. The van der Waals surface area contributed by atoms with Gasteiger partial charge in [-0.3, -0.25) is 19.2 Å². The van der Waals surface area contributed by atoms with Crippen LogP contribution < -0.4 is 0 Å². The number of likely N-dealkylation sites (tertiary alicyclic amines) is 3. The number of hydrogen-bond donors (Lipinski definition) is 0. The summed E-state index contributed by atoms with van der Waals surface area (Å²) in [5, 5.41) is 0. The van der Waals surface area contributed by atoms with Crippen molar-refractivity contribution in [1.82, 2.24) is 14.7 Å². The molecule has 7 nitrogen and oxygen atoms in total. The Morgan fingerprint density at radius 3 is 1.97 bits per heavy atom. The third kappa shape index (κ3) is 4.99. The Kier molecular flexibility index (Phi) is 6.66. The predicted molar refractivity (Wildman–Crippen MR) is 131 cm³/mol. The van der Waals surface area contributed by atoms with Gasteiger partial charge in [0.25, 0.3) is 5.91 Å². The minimum Gasteiger partial charge on any atom is -0.340 e. The summed E-state index contributed by atoms with van der Waals surface area (Å²) in [6.07, 6.45) is 2.07. The number of hydrogen-bond acceptors (Lipinski definition) is 4. The summed E-state index contributed by atoms with van der Waals surface area (Å²) in [7, 11) is 0. The highest BCUT2D eigenvalue weighted by Crippen LogP contribution is 2.31. The van der Waals surface area contributed by atoms with Crippen LogP contribution in [-0.2, 0) is 9.59 Å². The summed E-state index contributed by atoms with van der Waals surface area (Å²) >= 11 is 0. The van der Waals surface area contributed by atoms with Crippen LogP contribution in [0.15, 0.2) is 60.7 Å². The zero-order valence-electron chi connectivity index (χ0n) is 19.8. The van der Waals surface area contributed by atoms with Crippen molar-refractivity contribution in [2.24, 2.45) is 11.8 Å². The zero-order chi connectivity index (χ0) is 24.4. The van der Waals surface area contributed by atoms with E-state index < -0.39 is 6.04 Å². The van der Waals surface area contributed by atoms with Gasteiger partial charge in [0.1, 0.15) is 6.04 Å². The summed E-state index contributed by atoms with van der Waals surface area (Å²) in [4.78, 5) is 57.0. The molecule has 3 heterocycles. The van der Waals surface area contributed by atoms with Crippen LogP contribution in [0.2, 0.25) is 0 Å². The molecule has 0 radical (unpaired) electrons. The third-order valence-electron chi connectivity index (χ3n) is 7.49. The number of Topliss-reactive ketones (excluding diaryl/α,β-unsaturated/α-hetero) is 1. The highest BCUT2D eigenvalue weighted by atomic mass is 16.2. The summed E-state index contributed by atoms with van der Waals surface area (Å²) in [5.74, 6) is 0.443. The fraction of sp³-hybridized carbons (Fsp3) is 0.429. The molecular formula is C28H31N3O4. The molecule has 3 amide bonds. The Balaban J connectivity index is 1.20. The van der Waals surface area contributed by atoms with Gasteiger partial charge in [-0.2, -0.15) is 0 Å². The number of rotatable bonds is 6. The molecular weight excluding hydrogens is 442 g/mol. The van der Waals surface area contributed by atoms with Crippen LogP contribution in [0, 0.1) is 11.8 Å². The molecule has 35 heavy (non-hydrogen) atoms. The number of benzene rings is 2. The first-order valence-corrected chi connectivity index (χ1v) is 12.5. The van der Waals surface area contributed by atoms with E-state index in [4.69, 9.17) is 0 Å². The highest BCUT2D eigenvalue weighted by Gasteiger charge is 2.43. The van der Waals surface area contributed by atoms with E-state index in [0.717, 1.165) is 6.42 Å². The topological polar surface area (TPSA) is 78.0 Å². The van der Waals surface area contributed by atoms with E-state index in [0.29, 0.717) is 50.1 Å². The number of ketones is 1. The van der Waals surface area contributed by atoms with Crippen molar-refractivity contribution in [3.05, 3.63) is 71.8 Å². The molecule has 182 valence electrons. The van der Waals surface area contributed by atoms with Crippen molar-refractivity contribution in [1.29, 1.82) is 0 Å². The molecule has 0 aromatic heterocycles. The summed E-state index contributed by atoms with van der Waals surface area (Å²) < 4.78 is 0. The number of carbonyl (C=O) groups excluding carboxylic acids is 4. The van der Waals surface area contributed by atoms with Gasteiger partial charge in [-0.15, -0.1) is 0 Å². The van der Waals surface area contributed by atoms with Gasteiger partial charge in [0, 0.05) is 56.7 Å². The Morgan fingerprint density at radius 1 is 0.771 bits per heavy atom. The SMILES string of the molecule is O=C(CCN1C(=O)CC[C@H]1C(=O)N1CC2CC(CN(C(=O)c3ccccc3)C2)C1)c1ccccc1. The van der Waals surface area contributed by atoms with Crippen LogP contribution in [-0.4, -0.2) is 77.0 Å². The normalized spacial score (nSPS) is 23.9. The number of nitrogens with zero attached hydrogens (tertiary/aromatic N) is 3. The first-order chi connectivity index (χ1) is 17.0. The fourth-order valence-corrected chi connectivity index (χ4v) is 5.86. The lowest BCUT2D eigenvalue weighted by Gasteiger charge is -2.46. The molecule has 2 aromatic carbocycles. The zero-order valence-corrected chi connectivity index (χ0v) is 19.8. The van der Waals surface area contributed by atoms with Gasteiger partial charge in [-0.1, -0.05) is 48.5 Å². The number of carbonyl (C=O) groups is 4. The lowest BCUT2D eigenvalue weighted by atomic mass is 9.84. The van der Waals surface area contributed by atoms with Gasteiger partial charge in [-0.25, -0.2) is 0 Å². The van der Waals surface area contributed by atoms with Crippen molar-refractivity contribution in [2.75, 3.05) is 32.7 Å². The fourth-order valence-electron chi connectivity index (χ4n) is 5.86. The number of amides is 3. The highest BCUT2D eigenvalue weighted by molar-refractivity contribution is 5.97. The Labute approximate surface area is 205 Å². The molecule has 0 spiro atoms. The van der Waals surface area contributed by atoms with E-state index in [1.54, 1.807) is 17.0 Å². The van der Waals surface area contributed by atoms with Crippen molar-refractivity contribution >= 4 is 23.5 Å². The predicted octanol–water partition coefficient (Wildman–Crippen LogP) is 2.87. The molecule has 3 fully saturated rings. The molecule has 3 aliphatic rings. The molecule has 3 aliphatic heterocycles. The van der Waals surface area contributed by atoms with Crippen molar-refractivity contribution in [3.63, 3.8) is 0 Å². The second-order valence-corrected chi connectivity index (χ2v) is 9.97. The molecule has 3 saturated heterocycles. The quantitative estimate of drug-likeness (QED) is 0.605. The van der Waals surface area contributed by atoms with E-state index in [1.807, 2.05) is 58.3 Å². The van der Waals surface area contributed by atoms with E-state index in [2.05, 4.69) is 0 Å². The monoisotopic (exact) mass is 473 g/mol. The second-order valence-electron chi connectivity index (χ2n) is 9.97. The minimum atomic E-state index is -0.494. The van der Waals surface area contributed by atoms with Gasteiger partial charge >= 0.3 is 0 Å². The van der Waals surface area contributed by atoms with Gasteiger partial charge < -0.3 is 14.7 Å². The standard InChI is InChI=1S/C28H31N3O4/c32-25(22-7-3-1-4-8-22)13-14-31-24(11-12-26(31)33)28(35)30-18-20-15-21(19-30)17-29(16-20)27(34)23-9-5-2-6-10-23/h1-10,20-21,24H,11-19H2/t20?,21?,24-/m0/s1. The summed E-state index contributed by atoms with van der Waals surface area (Å²) in [5.41, 5.74) is 1.33. The van der Waals surface area contributed by atoms with Gasteiger partial charge in [0.15, 0.2) is 5.78 Å². The molecule has 0 saturated carbocycles. The van der Waals surface area contributed by atoms with Crippen LogP contribution in [0.1, 0.15) is 46.4 Å². The molecule has 2 bridgehead atoms. The van der Waals surface area contributed by atoms with Gasteiger partial charge in [0.05, 0.1) is 0 Å². The van der Waals surface area contributed by atoms with Crippen molar-refractivity contribution < 1.29 is 19.2 Å². The average Bonchev–Trinajstić information content (AvgIpc) is 3.26. The number of fused-ring (bicyclic) bond motifs is 2. The van der Waals surface area contributed by atoms with Crippen molar-refractivity contribution in [2.45, 2.75) is 31.7 Å². The Morgan fingerprint density at radius 2 is 1.34 bits per heavy atom. The largest absolute Gasteiger partial charge is 0.340 e. The minimum absolute atomic E-state index is 0.0134. The Bertz CT molecular complexity index is 1090. The van der Waals surface area contributed by atoms with Crippen LogP contribution in [0.5, 0.6) is 0 Å². The maximum absolute atomic E-state index is 13.5. The van der Waals surface area contributed by atoms with E-state index >= 15 is 0 Å². The van der Waals surface area contributed by atoms with E-state index in [-0.39, 0.29) is 48.3 Å². The summed E-state index contributed by atoms with van der Waals surface area (Å²) in [6.45, 7) is 2.77. The average molecular weight is 474 g/mol. The van der Waals surface area contributed by atoms with Crippen LogP contribution in [0.3, 0.4) is 0 Å². The van der Waals surface area contributed by atoms with Crippen LogP contribution >= 0.6 is 0 Å². The molecule has 5 rings (SSSR count). The van der Waals surface area contributed by atoms with Gasteiger partial charge in [-0.05, 0) is 36.8 Å². The molecule has 0 N–H and O–H groups in total. The summed E-state index contributed by atoms with van der Waals surface area (Å²) in [6, 6.07) is 17.9. The molecule has 3 atom stereocenters. The molecule has 7 heteroatoms.